The summed E-state index contributed by atoms with van der Waals surface area (Å²) in [7, 11) is 1.61. The van der Waals surface area contributed by atoms with E-state index in [1.807, 2.05) is 42.5 Å². The van der Waals surface area contributed by atoms with Crippen LogP contribution in [0, 0.1) is 0 Å². The highest BCUT2D eigenvalue weighted by Crippen LogP contribution is 2.45. The zero-order valence-electron chi connectivity index (χ0n) is 15.2. The zero-order chi connectivity index (χ0) is 19.7. The Morgan fingerprint density at radius 2 is 2.00 bits per heavy atom. The largest absolute Gasteiger partial charge is 0.496 e. The van der Waals surface area contributed by atoms with Crippen LogP contribution in [0.4, 0.5) is 0 Å². The van der Waals surface area contributed by atoms with Gasteiger partial charge in [0.25, 0.3) is 0 Å². The van der Waals surface area contributed by atoms with E-state index in [9.17, 15) is 9.59 Å². The Labute approximate surface area is 161 Å². The smallest absolute Gasteiger partial charge is 0.341 e. The van der Waals surface area contributed by atoms with Crippen molar-refractivity contribution in [3.63, 3.8) is 0 Å². The summed E-state index contributed by atoms with van der Waals surface area (Å²) in [6.07, 6.45) is 0.187. The SMILES string of the molecule is COc1ccc2ccccc2c1C1CC(=O)Oc2cc(OCC(=O)O)ccc21. The first-order valence-electron chi connectivity index (χ1n) is 8.81. The van der Waals surface area contributed by atoms with Gasteiger partial charge in [0.2, 0.25) is 0 Å². The number of carbonyl (C=O) groups is 2. The molecule has 28 heavy (non-hydrogen) atoms. The Bertz CT molecular complexity index is 1070. The van der Waals surface area contributed by atoms with Gasteiger partial charge >= 0.3 is 11.9 Å². The van der Waals surface area contributed by atoms with Gasteiger partial charge in [-0.05, 0) is 22.9 Å². The van der Waals surface area contributed by atoms with Gasteiger partial charge in [0.05, 0.1) is 13.5 Å². The van der Waals surface area contributed by atoms with E-state index >= 15 is 0 Å². The monoisotopic (exact) mass is 378 g/mol. The number of hydrogen-bond donors (Lipinski definition) is 1. The third-order valence-electron chi connectivity index (χ3n) is 4.82. The van der Waals surface area contributed by atoms with Gasteiger partial charge in [-0.1, -0.05) is 36.4 Å². The van der Waals surface area contributed by atoms with Crippen molar-refractivity contribution in [1.29, 1.82) is 0 Å². The lowest BCUT2D eigenvalue weighted by atomic mass is 9.83. The first kappa shape index (κ1) is 17.9. The Morgan fingerprint density at radius 1 is 1.18 bits per heavy atom. The number of aliphatic carboxylic acids is 1. The van der Waals surface area contributed by atoms with E-state index in [1.54, 1.807) is 19.2 Å². The maximum Gasteiger partial charge on any atom is 0.341 e. The van der Waals surface area contributed by atoms with Crippen LogP contribution >= 0.6 is 0 Å². The molecule has 1 aliphatic rings. The van der Waals surface area contributed by atoms with Gasteiger partial charge in [0.1, 0.15) is 17.2 Å². The van der Waals surface area contributed by atoms with Gasteiger partial charge in [0.15, 0.2) is 6.61 Å². The molecular formula is C22H18O6. The third kappa shape index (κ3) is 3.24. The van der Waals surface area contributed by atoms with Crippen LogP contribution in [0.1, 0.15) is 23.5 Å². The number of methoxy groups -OCH3 is 1. The molecule has 1 N–H and O–H groups in total. The minimum Gasteiger partial charge on any atom is -0.496 e. The molecule has 1 aliphatic heterocycles. The summed E-state index contributed by atoms with van der Waals surface area (Å²) in [5, 5.41) is 10.8. The normalized spacial score (nSPS) is 15.6. The van der Waals surface area contributed by atoms with Crippen LogP contribution < -0.4 is 14.2 Å². The van der Waals surface area contributed by atoms with Gasteiger partial charge in [-0.3, -0.25) is 4.79 Å². The van der Waals surface area contributed by atoms with E-state index < -0.39 is 12.6 Å². The molecule has 0 fully saturated rings. The number of carbonyl (C=O) groups excluding carboxylic acids is 1. The summed E-state index contributed by atoms with van der Waals surface area (Å²) in [4.78, 5) is 23.0. The number of ether oxygens (including phenoxy) is 3. The van der Waals surface area contributed by atoms with E-state index in [0.29, 0.717) is 17.2 Å². The minimum absolute atomic E-state index is 0.187. The standard InChI is InChI=1S/C22H18O6/c1-26-18-9-6-13-4-2-3-5-15(13)22(18)17-11-21(25)28-19-10-14(7-8-16(17)19)27-12-20(23)24/h2-10,17H,11-12H2,1H3,(H,23,24). The topological polar surface area (TPSA) is 82.1 Å². The molecule has 0 radical (unpaired) electrons. The van der Waals surface area contributed by atoms with Crippen LogP contribution in [-0.4, -0.2) is 30.8 Å². The number of rotatable bonds is 5. The minimum atomic E-state index is -1.08. The number of esters is 1. The Kier molecular flexibility index (Phi) is 4.61. The van der Waals surface area contributed by atoms with Crippen molar-refractivity contribution < 1.29 is 28.9 Å². The second kappa shape index (κ2) is 7.23. The molecule has 0 saturated carbocycles. The summed E-state index contributed by atoms with van der Waals surface area (Å²) >= 11 is 0. The summed E-state index contributed by atoms with van der Waals surface area (Å²) in [6, 6.07) is 16.9. The van der Waals surface area contributed by atoms with Crippen LogP contribution in [0.15, 0.2) is 54.6 Å². The number of hydrogen-bond acceptors (Lipinski definition) is 5. The van der Waals surface area contributed by atoms with E-state index in [2.05, 4.69) is 0 Å². The summed E-state index contributed by atoms with van der Waals surface area (Å²) in [6.45, 7) is -0.465. The van der Waals surface area contributed by atoms with Crippen molar-refractivity contribution in [2.75, 3.05) is 13.7 Å². The quantitative estimate of drug-likeness (QED) is 0.538. The average Bonchev–Trinajstić information content (AvgIpc) is 2.70. The van der Waals surface area contributed by atoms with E-state index in [-0.39, 0.29) is 18.3 Å². The molecule has 1 atom stereocenters. The molecule has 4 rings (SSSR count). The van der Waals surface area contributed by atoms with Crippen LogP contribution in [0.3, 0.4) is 0 Å². The van der Waals surface area contributed by atoms with Gasteiger partial charge in [-0.25, -0.2) is 4.79 Å². The van der Waals surface area contributed by atoms with Gasteiger partial charge < -0.3 is 19.3 Å². The van der Waals surface area contributed by atoms with E-state index in [0.717, 1.165) is 21.9 Å². The summed E-state index contributed by atoms with van der Waals surface area (Å²) in [5.41, 5.74) is 1.76. The lowest BCUT2D eigenvalue weighted by molar-refractivity contribution is -0.139. The molecule has 6 heteroatoms. The molecule has 142 valence electrons. The van der Waals surface area contributed by atoms with E-state index in [4.69, 9.17) is 19.3 Å². The number of carboxylic acid groups (broad SMARTS) is 1. The van der Waals surface area contributed by atoms with E-state index in [1.165, 1.54) is 0 Å². The maximum absolute atomic E-state index is 12.3. The van der Waals surface area contributed by atoms with Crippen molar-refractivity contribution in [3.8, 4) is 17.2 Å². The van der Waals surface area contributed by atoms with Gasteiger partial charge in [0, 0.05) is 23.1 Å². The van der Waals surface area contributed by atoms with Gasteiger partial charge in [-0.15, -0.1) is 0 Å². The average molecular weight is 378 g/mol. The molecule has 0 aliphatic carbocycles. The highest BCUT2D eigenvalue weighted by atomic mass is 16.5. The van der Waals surface area contributed by atoms with Crippen molar-refractivity contribution >= 4 is 22.7 Å². The maximum atomic E-state index is 12.3. The molecule has 0 bridgehead atoms. The summed E-state index contributed by atoms with van der Waals surface area (Å²) < 4.78 is 16.2. The Morgan fingerprint density at radius 3 is 2.79 bits per heavy atom. The Balaban J connectivity index is 1.84. The molecule has 1 unspecified atom stereocenters. The second-order valence-corrected chi connectivity index (χ2v) is 6.52. The third-order valence-corrected chi connectivity index (χ3v) is 4.82. The molecule has 3 aromatic rings. The lowest BCUT2D eigenvalue weighted by Crippen LogP contribution is -2.21. The Hall–Kier alpha value is -3.54. The molecule has 0 spiro atoms. The van der Waals surface area contributed by atoms with Crippen molar-refractivity contribution in [2.24, 2.45) is 0 Å². The first-order valence-corrected chi connectivity index (χ1v) is 8.81. The number of benzene rings is 3. The zero-order valence-corrected chi connectivity index (χ0v) is 15.2. The molecule has 1 heterocycles. The molecule has 3 aromatic carbocycles. The first-order chi connectivity index (χ1) is 13.6. The lowest BCUT2D eigenvalue weighted by Gasteiger charge is -2.27. The van der Waals surface area contributed by atoms with Crippen LogP contribution in [0.2, 0.25) is 0 Å². The summed E-state index contributed by atoms with van der Waals surface area (Å²) in [5.74, 6) is -0.268. The number of fused-ring (bicyclic) bond motifs is 2. The molecule has 0 aromatic heterocycles. The van der Waals surface area contributed by atoms with Gasteiger partial charge in [-0.2, -0.15) is 0 Å². The molecule has 0 saturated heterocycles. The predicted molar refractivity (Wildman–Crippen MR) is 102 cm³/mol. The molecular weight excluding hydrogens is 360 g/mol. The fourth-order valence-electron chi connectivity index (χ4n) is 3.64. The number of carboxylic acids is 1. The van der Waals surface area contributed by atoms with Crippen molar-refractivity contribution in [3.05, 3.63) is 65.7 Å². The molecule has 0 amide bonds. The highest BCUT2D eigenvalue weighted by Gasteiger charge is 2.32. The van der Waals surface area contributed by atoms with Crippen LogP contribution in [0.25, 0.3) is 10.8 Å². The van der Waals surface area contributed by atoms with Crippen molar-refractivity contribution in [1.82, 2.24) is 0 Å². The van der Waals surface area contributed by atoms with Crippen LogP contribution in [0.5, 0.6) is 17.2 Å². The fourth-order valence-corrected chi connectivity index (χ4v) is 3.64. The van der Waals surface area contributed by atoms with Crippen molar-refractivity contribution in [2.45, 2.75) is 12.3 Å². The van der Waals surface area contributed by atoms with Crippen LogP contribution in [-0.2, 0) is 9.59 Å². The second-order valence-electron chi connectivity index (χ2n) is 6.52. The highest BCUT2D eigenvalue weighted by molar-refractivity contribution is 5.90. The molecule has 6 nitrogen and oxygen atoms in total. The fraction of sp³-hybridized carbons (Fsp3) is 0.182. The predicted octanol–water partition coefficient (Wildman–Crippen LogP) is 3.75.